The molecule has 4 aliphatic heterocycles. The van der Waals surface area contributed by atoms with Gasteiger partial charge in [-0.3, -0.25) is 14.5 Å². The molecule has 1 atom stereocenters. The van der Waals surface area contributed by atoms with Gasteiger partial charge in [-0.05, 0) is 64.7 Å². The van der Waals surface area contributed by atoms with Gasteiger partial charge in [-0.25, -0.2) is 0 Å². The van der Waals surface area contributed by atoms with Gasteiger partial charge in [-0.2, -0.15) is 0 Å². The lowest BCUT2D eigenvalue weighted by molar-refractivity contribution is -0.142. The molecule has 2 amide bonds. The first-order valence-corrected chi connectivity index (χ1v) is 12.3. The van der Waals surface area contributed by atoms with Gasteiger partial charge < -0.3 is 19.4 Å². The van der Waals surface area contributed by atoms with Crippen LogP contribution in [-0.2, 0) is 14.3 Å². The largest absolute Gasteiger partial charge is 0.378 e. The van der Waals surface area contributed by atoms with Crippen LogP contribution in [0.2, 0.25) is 0 Å². The van der Waals surface area contributed by atoms with Crippen LogP contribution < -0.4 is 0 Å². The van der Waals surface area contributed by atoms with Gasteiger partial charge in [0.05, 0.1) is 19.3 Å². The standard InChI is InChI=1S/C23H40N4O3/c1-2-24-10-4-3-5-21(24)23(29)26-13-8-20(9-14-26)25-11-6-19(7-12-25)22(28)27-15-17-30-18-16-27/h19-21H,2-18H2,1H3/t21-/m1/s1. The quantitative estimate of drug-likeness (QED) is 0.689. The Balaban J connectivity index is 1.21. The van der Waals surface area contributed by atoms with Crippen molar-refractivity contribution in [2.75, 3.05) is 65.6 Å². The first-order valence-electron chi connectivity index (χ1n) is 12.3. The van der Waals surface area contributed by atoms with E-state index in [1.165, 1.54) is 12.8 Å². The van der Waals surface area contributed by atoms with E-state index in [1.807, 2.05) is 4.90 Å². The summed E-state index contributed by atoms with van der Waals surface area (Å²) in [6.07, 6.45) is 7.54. The highest BCUT2D eigenvalue weighted by Gasteiger charge is 2.36. The highest BCUT2D eigenvalue weighted by molar-refractivity contribution is 5.82. The molecule has 0 aromatic carbocycles. The topological polar surface area (TPSA) is 56.3 Å². The molecule has 4 fully saturated rings. The summed E-state index contributed by atoms with van der Waals surface area (Å²) < 4.78 is 5.38. The monoisotopic (exact) mass is 420 g/mol. The first kappa shape index (κ1) is 22.0. The fraction of sp³-hybridized carbons (Fsp3) is 0.913. The van der Waals surface area contributed by atoms with E-state index in [0.29, 0.717) is 31.1 Å². The van der Waals surface area contributed by atoms with Crippen LogP contribution in [-0.4, -0.2) is 109 Å². The summed E-state index contributed by atoms with van der Waals surface area (Å²) in [5, 5.41) is 0. The van der Waals surface area contributed by atoms with E-state index in [2.05, 4.69) is 21.6 Å². The van der Waals surface area contributed by atoms with Gasteiger partial charge in [0.25, 0.3) is 0 Å². The van der Waals surface area contributed by atoms with Crippen molar-refractivity contribution in [2.45, 2.75) is 64.0 Å². The van der Waals surface area contributed by atoms with Gasteiger partial charge in [0, 0.05) is 38.1 Å². The fourth-order valence-corrected chi connectivity index (χ4v) is 5.86. The summed E-state index contributed by atoms with van der Waals surface area (Å²) >= 11 is 0. The Morgan fingerprint density at radius 2 is 1.43 bits per heavy atom. The van der Waals surface area contributed by atoms with Crippen LogP contribution in [0.25, 0.3) is 0 Å². The highest BCUT2D eigenvalue weighted by atomic mass is 16.5. The van der Waals surface area contributed by atoms with Crippen molar-refractivity contribution < 1.29 is 14.3 Å². The third kappa shape index (κ3) is 5.00. The van der Waals surface area contributed by atoms with Crippen molar-refractivity contribution in [1.82, 2.24) is 19.6 Å². The molecule has 0 aromatic heterocycles. The molecule has 170 valence electrons. The SMILES string of the molecule is CCN1CCCC[C@@H]1C(=O)N1CCC(N2CCC(C(=O)N3CCOCC3)CC2)CC1. The van der Waals surface area contributed by atoms with Crippen molar-refractivity contribution in [1.29, 1.82) is 0 Å². The second-order valence-corrected chi connectivity index (χ2v) is 9.44. The zero-order chi connectivity index (χ0) is 20.9. The third-order valence-corrected chi connectivity index (χ3v) is 7.80. The van der Waals surface area contributed by atoms with Crippen LogP contribution >= 0.6 is 0 Å². The Labute approximate surface area is 181 Å². The smallest absolute Gasteiger partial charge is 0.239 e. The van der Waals surface area contributed by atoms with E-state index in [4.69, 9.17) is 4.74 Å². The van der Waals surface area contributed by atoms with Crippen molar-refractivity contribution in [3.05, 3.63) is 0 Å². The van der Waals surface area contributed by atoms with Crippen molar-refractivity contribution in [3.63, 3.8) is 0 Å². The van der Waals surface area contributed by atoms with Crippen LogP contribution in [0, 0.1) is 5.92 Å². The molecule has 0 N–H and O–H groups in total. The van der Waals surface area contributed by atoms with Crippen LogP contribution in [0.15, 0.2) is 0 Å². The molecule has 4 saturated heterocycles. The molecule has 0 spiro atoms. The first-order chi connectivity index (χ1) is 14.7. The summed E-state index contributed by atoms with van der Waals surface area (Å²) in [5.41, 5.74) is 0. The summed E-state index contributed by atoms with van der Waals surface area (Å²) in [6.45, 7) is 10.9. The van der Waals surface area contributed by atoms with E-state index < -0.39 is 0 Å². The molecule has 0 aliphatic carbocycles. The van der Waals surface area contributed by atoms with Crippen molar-refractivity contribution in [2.24, 2.45) is 5.92 Å². The number of likely N-dealkylation sites (tertiary alicyclic amines) is 3. The number of carbonyl (C=O) groups excluding carboxylic acids is 2. The van der Waals surface area contributed by atoms with Crippen LogP contribution in [0.3, 0.4) is 0 Å². The predicted octanol–water partition coefficient (Wildman–Crippen LogP) is 1.42. The minimum Gasteiger partial charge on any atom is -0.378 e. The highest BCUT2D eigenvalue weighted by Crippen LogP contribution is 2.27. The van der Waals surface area contributed by atoms with Gasteiger partial charge in [0.15, 0.2) is 0 Å². The molecular weight excluding hydrogens is 380 g/mol. The molecule has 0 saturated carbocycles. The van der Waals surface area contributed by atoms with E-state index in [1.54, 1.807) is 0 Å². The van der Waals surface area contributed by atoms with Gasteiger partial charge in [-0.15, -0.1) is 0 Å². The number of piperidine rings is 3. The minimum absolute atomic E-state index is 0.113. The zero-order valence-electron chi connectivity index (χ0n) is 18.8. The molecule has 4 rings (SSSR count). The summed E-state index contributed by atoms with van der Waals surface area (Å²) in [7, 11) is 0. The average Bonchev–Trinajstić information content (AvgIpc) is 2.84. The Morgan fingerprint density at radius 3 is 2.10 bits per heavy atom. The maximum absolute atomic E-state index is 13.1. The zero-order valence-corrected chi connectivity index (χ0v) is 18.8. The van der Waals surface area contributed by atoms with E-state index in [9.17, 15) is 9.59 Å². The number of hydrogen-bond acceptors (Lipinski definition) is 5. The molecule has 0 radical (unpaired) electrons. The van der Waals surface area contributed by atoms with Crippen LogP contribution in [0.4, 0.5) is 0 Å². The lowest BCUT2D eigenvalue weighted by Crippen LogP contribution is -2.55. The molecular formula is C23H40N4O3. The van der Waals surface area contributed by atoms with E-state index in [-0.39, 0.29) is 12.0 Å². The lowest BCUT2D eigenvalue weighted by Gasteiger charge is -2.44. The lowest BCUT2D eigenvalue weighted by atomic mass is 9.92. The number of carbonyl (C=O) groups is 2. The third-order valence-electron chi connectivity index (χ3n) is 7.80. The number of likely N-dealkylation sites (N-methyl/N-ethyl adjacent to an activating group) is 1. The molecule has 0 aromatic rings. The Morgan fingerprint density at radius 1 is 0.767 bits per heavy atom. The second-order valence-electron chi connectivity index (χ2n) is 9.44. The maximum atomic E-state index is 13.1. The fourth-order valence-electron chi connectivity index (χ4n) is 5.86. The van der Waals surface area contributed by atoms with Crippen molar-refractivity contribution in [3.8, 4) is 0 Å². The summed E-state index contributed by atoms with van der Waals surface area (Å²) in [6, 6.07) is 0.685. The predicted molar refractivity (Wildman–Crippen MR) is 116 cm³/mol. The van der Waals surface area contributed by atoms with E-state index >= 15 is 0 Å². The van der Waals surface area contributed by atoms with Crippen molar-refractivity contribution >= 4 is 11.8 Å². The van der Waals surface area contributed by atoms with Crippen LogP contribution in [0.5, 0.6) is 0 Å². The number of nitrogens with zero attached hydrogens (tertiary/aromatic N) is 4. The maximum Gasteiger partial charge on any atom is 0.239 e. The number of morpholine rings is 1. The minimum atomic E-state index is 0.113. The Bertz CT molecular complexity index is 579. The van der Waals surface area contributed by atoms with E-state index in [0.717, 1.165) is 84.5 Å². The Kier molecular flexibility index (Phi) is 7.65. The molecule has 7 heteroatoms. The van der Waals surface area contributed by atoms with Gasteiger partial charge in [0.1, 0.15) is 0 Å². The molecule has 30 heavy (non-hydrogen) atoms. The number of hydrogen-bond donors (Lipinski definition) is 0. The normalized spacial score (nSPS) is 28.6. The number of amides is 2. The number of rotatable bonds is 4. The summed E-state index contributed by atoms with van der Waals surface area (Å²) in [5.74, 6) is 0.892. The molecule has 4 aliphatic rings. The second kappa shape index (κ2) is 10.4. The molecule has 4 heterocycles. The number of ether oxygens (including phenoxy) is 1. The average molecular weight is 421 g/mol. The molecule has 0 unspecified atom stereocenters. The van der Waals surface area contributed by atoms with Gasteiger partial charge >= 0.3 is 0 Å². The molecule has 0 bridgehead atoms. The van der Waals surface area contributed by atoms with Gasteiger partial charge in [-0.1, -0.05) is 13.3 Å². The van der Waals surface area contributed by atoms with Gasteiger partial charge in [0.2, 0.25) is 11.8 Å². The molecule has 7 nitrogen and oxygen atoms in total. The Hall–Kier alpha value is -1.18. The van der Waals surface area contributed by atoms with Crippen LogP contribution in [0.1, 0.15) is 51.9 Å². The summed E-state index contributed by atoms with van der Waals surface area (Å²) in [4.78, 5) is 34.9.